The van der Waals surface area contributed by atoms with Crippen molar-refractivity contribution in [3.8, 4) is 0 Å². The van der Waals surface area contributed by atoms with Gasteiger partial charge in [0.05, 0.1) is 12.7 Å². The van der Waals surface area contributed by atoms with Crippen molar-refractivity contribution < 1.29 is 4.74 Å². The average molecular weight is 379 g/mol. The fourth-order valence-electron chi connectivity index (χ4n) is 4.77. The van der Waals surface area contributed by atoms with E-state index in [-0.39, 0.29) is 6.10 Å². The minimum Gasteiger partial charge on any atom is -0.372 e. The molecule has 150 valence electrons. The summed E-state index contributed by atoms with van der Waals surface area (Å²) in [6.07, 6.45) is 6.97. The molecule has 4 rings (SSSR count). The van der Waals surface area contributed by atoms with Gasteiger partial charge in [0.2, 0.25) is 0 Å². The summed E-state index contributed by atoms with van der Waals surface area (Å²) in [6.45, 7) is 5.05. The third-order valence-corrected chi connectivity index (χ3v) is 6.72. The molecule has 0 radical (unpaired) electrons. The van der Waals surface area contributed by atoms with Crippen molar-refractivity contribution in [2.24, 2.45) is 0 Å². The molecule has 0 spiro atoms. The minimum absolute atomic E-state index is 0.161. The zero-order valence-electron chi connectivity index (χ0n) is 17.4. The van der Waals surface area contributed by atoms with Crippen molar-refractivity contribution in [2.75, 3.05) is 31.6 Å². The SMILES string of the molecule is C[C@H](c1ccccc1)N1CCO[C@@H](c2ccc(N(C)C3CCCCC3)cc2)C1. The third kappa shape index (κ3) is 4.42. The topological polar surface area (TPSA) is 15.7 Å². The monoisotopic (exact) mass is 378 g/mol. The van der Waals surface area contributed by atoms with Crippen LogP contribution < -0.4 is 4.90 Å². The highest BCUT2D eigenvalue weighted by Crippen LogP contribution is 2.31. The molecule has 28 heavy (non-hydrogen) atoms. The highest BCUT2D eigenvalue weighted by Gasteiger charge is 2.26. The van der Waals surface area contributed by atoms with Gasteiger partial charge in [-0.15, -0.1) is 0 Å². The lowest BCUT2D eigenvalue weighted by Crippen LogP contribution is -2.39. The first-order chi connectivity index (χ1) is 13.7. The van der Waals surface area contributed by atoms with Crippen molar-refractivity contribution in [3.63, 3.8) is 0 Å². The normalized spacial score (nSPS) is 22.7. The summed E-state index contributed by atoms with van der Waals surface area (Å²) >= 11 is 0. The molecule has 0 unspecified atom stereocenters. The molecule has 1 aliphatic carbocycles. The van der Waals surface area contributed by atoms with Crippen LogP contribution in [0.5, 0.6) is 0 Å². The van der Waals surface area contributed by atoms with Crippen LogP contribution >= 0.6 is 0 Å². The lowest BCUT2D eigenvalue weighted by atomic mass is 9.94. The summed E-state index contributed by atoms with van der Waals surface area (Å²) in [5.41, 5.74) is 4.01. The Balaban J connectivity index is 1.41. The Labute approximate surface area is 170 Å². The number of hydrogen-bond donors (Lipinski definition) is 0. The maximum atomic E-state index is 6.14. The number of anilines is 1. The van der Waals surface area contributed by atoms with Crippen LogP contribution in [0.3, 0.4) is 0 Å². The van der Waals surface area contributed by atoms with Gasteiger partial charge in [0.1, 0.15) is 0 Å². The van der Waals surface area contributed by atoms with Gasteiger partial charge in [-0.2, -0.15) is 0 Å². The van der Waals surface area contributed by atoms with Crippen LogP contribution in [0.25, 0.3) is 0 Å². The van der Waals surface area contributed by atoms with E-state index in [1.807, 2.05) is 0 Å². The second-order valence-electron chi connectivity index (χ2n) is 8.44. The van der Waals surface area contributed by atoms with Crippen LogP contribution in [0.2, 0.25) is 0 Å². The van der Waals surface area contributed by atoms with E-state index in [2.05, 4.69) is 78.4 Å². The van der Waals surface area contributed by atoms with Gasteiger partial charge in [0.25, 0.3) is 0 Å². The standard InChI is InChI=1S/C25H34N2O/c1-20(21-9-5-3-6-10-21)27-17-18-28-25(19-27)22-13-15-24(16-14-22)26(2)23-11-7-4-8-12-23/h3,5-6,9-10,13-16,20,23,25H,4,7-8,11-12,17-19H2,1-2H3/t20-,25-/m1/s1. The molecule has 3 nitrogen and oxygen atoms in total. The molecule has 0 N–H and O–H groups in total. The first kappa shape index (κ1) is 19.5. The van der Waals surface area contributed by atoms with Gasteiger partial charge in [-0.3, -0.25) is 4.90 Å². The Morgan fingerprint density at radius 2 is 1.68 bits per heavy atom. The van der Waals surface area contributed by atoms with Crippen molar-refractivity contribution in [1.29, 1.82) is 0 Å². The van der Waals surface area contributed by atoms with E-state index < -0.39 is 0 Å². The predicted octanol–water partition coefficient (Wildman–Crippen LogP) is 5.59. The molecule has 1 saturated carbocycles. The van der Waals surface area contributed by atoms with Crippen molar-refractivity contribution in [2.45, 2.75) is 57.2 Å². The van der Waals surface area contributed by atoms with E-state index in [1.165, 1.54) is 48.9 Å². The first-order valence-electron chi connectivity index (χ1n) is 11.0. The molecule has 1 heterocycles. The number of benzene rings is 2. The molecular formula is C25H34N2O. The number of morpholine rings is 1. The van der Waals surface area contributed by atoms with Gasteiger partial charge >= 0.3 is 0 Å². The van der Waals surface area contributed by atoms with Crippen LogP contribution in [0.4, 0.5) is 5.69 Å². The maximum absolute atomic E-state index is 6.14. The minimum atomic E-state index is 0.161. The fraction of sp³-hybridized carbons (Fsp3) is 0.520. The Hall–Kier alpha value is -1.84. The molecule has 2 aliphatic rings. The van der Waals surface area contributed by atoms with Gasteiger partial charge in [-0.25, -0.2) is 0 Å². The Kier molecular flexibility index (Phi) is 6.33. The van der Waals surface area contributed by atoms with E-state index in [9.17, 15) is 0 Å². The van der Waals surface area contributed by atoms with E-state index in [4.69, 9.17) is 4.74 Å². The van der Waals surface area contributed by atoms with E-state index in [0.29, 0.717) is 12.1 Å². The van der Waals surface area contributed by atoms with E-state index >= 15 is 0 Å². The molecule has 2 atom stereocenters. The zero-order valence-corrected chi connectivity index (χ0v) is 17.4. The summed E-state index contributed by atoms with van der Waals surface area (Å²) in [5.74, 6) is 0. The van der Waals surface area contributed by atoms with Gasteiger partial charge in [-0.05, 0) is 43.0 Å². The summed E-state index contributed by atoms with van der Waals surface area (Å²) in [5, 5.41) is 0. The number of hydrogen-bond acceptors (Lipinski definition) is 3. The molecule has 2 aromatic carbocycles. The number of ether oxygens (including phenoxy) is 1. The highest BCUT2D eigenvalue weighted by molar-refractivity contribution is 5.48. The van der Waals surface area contributed by atoms with Crippen LogP contribution in [0, 0.1) is 0 Å². The fourth-order valence-corrected chi connectivity index (χ4v) is 4.77. The van der Waals surface area contributed by atoms with E-state index in [1.54, 1.807) is 0 Å². The Morgan fingerprint density at radius 1 is 0.964 bits per heavy atom. The molecule has 1 aliphatic heterocycles. The Morgan fingerprint density at radius 3 is 2.39 bits per heavy atom. The van der Waals surface area contributed by atoms with Gasteiger partial charge in [-0.1, -0.05) is 61.7 Å². The van der Waals surface area contributed by atoms with Gasteiger partial charge in [0.15, 0.2) is 0 Å². The van der Waals surface area contributed by atoms with Crippen molar-refractivity contribution in [3.05, 3.63) is 65.7 Å². The summed E-state index contributed by atoms with van der Waals surface area (Å²) < 4.78 is 6.14. The highest BCUT2D eigenvalue weighted by atomic mass is 16.5. The summed E-state index contributed by atoms with van der Waals surface area (Å²) in [6, 6.07) is 21.0. The average Bonchev–Trinajstić information content (AvgIpc) is 2.79. The molecule has 1 saturated heterocycles. The molecule has 0 bridgehead atoms. The summed E-state index contributed by atoms with van der Waals surface area (Å²) in [7, 11) is 2.26. The molecule has 3 heteroatoms. The van der Waals surface area contributed by atoms with E-state index in [0.717, 1.165) is 19.7 Å². The van der Waals surface area contributed by atoms with Gasteiger partial charge < -0.3 is 9.64 Å². The summed E-state index contributed by atoms with van der Waals surface area (Å²) in [4.78, 5) is 5.03. The quantitative estimate of drug-likeness (QED) is 0.674. The second-order valence-corrected chi connectivity index (χ2v) is 8.44. The van der Waals surface area contributed by atoms with Crippen molar-refractivity contribution in [1.82, 2.24) is 4.90 Å². The van der Waals surface area contributed by atoms with Crippen LogP contribution in [-0.2, 0) is 4.74 Å². The molecule has 0 amide bonds. The third-order valence-electron chi connectivity index (χ3n) is 6.72. The number of rotatable bonds is 5. The van der Waals surface area contributed by atoms with Crippen molar-refractivity contribution >= 4 is 5.69 Å². The number of nitrogens with zero attached hydrogens (tertiary/aromatic N) is 2. The van der Waals surface area contributed by atoms with Crippen LogP contribution in [0.1, 0.15) is 62.3 Å². The first-order valence-corrected chi connectivity index (χ1v) is 11.0. The predicted molar refractivity (Wildman–Crippen MR) is 117 cm³/mol. The van der Waals surface area contributed by atoms with Crippen LogP contribution in [0.15, 0.2) is 54.6 Å². The lowest BCUT2D eigenvalue weighted by molar-refractivity contribution is -0.0431. The maximum Gasteiger partial charge on any atom is 0.0952 e. The van der Waals surface area contributed by atoms with Crippen LogP contribution in [-0.4, -0.2) is 37.7 Å². The molecule has 2 fully saturated rings. The molecule has 2 aromatic rings. The second kappa shape index (κ2) is 9.11. The lowest BCUT2D eigenvalue weighted by Gasteiger charge is -2.37. The largest absolute Gasteiger partial charge is 0.372 e. The molecular weight excluding hydrogens is 344 g/mol. The zero-order chi connectivity index (χ0) is 19.3. The van der Waals surface area contributed by atoms with Gasteiger partial charge in [0, 0.05) is 37.9 Å². The smallest absolute Gasteiger partial charge is 0.0952 e. The molecule has 0 aromatic heterocycles. The Bertz CT molecular complexity index is 724.